The maximum atomic E-state index is 12.5. The molecule has 6 heteroatoms. The van der Waals surface area contributed by atoms with E-state index in [9.17, 15) is 4.79 Å². The van der Waals surface area contributed by atoms with E-state index in [4.69, 9.17) is 4.74 Å². The molecule has 0 aromatic carbocycles. The summed E-state index contributed by atoms with van der Waals surface area (Å²) in [6.45, 7) is 9.27. The third-order valence-electron chi connectivity index (χ3n) is 4.03. The lowest BCUT2D eigenvalue weighted by atomic mass is 10.3. The van der Waals surface area contributed by atoms with Gasteiger partial charge in [-0.25, -0.2) is 0 Å². The largest absolute Gasteiger partial charge is 0.379 e. The Morgan fingerprint density at radius 1 is 1.41 bits per heavy atom. The molecule has 0 unspecified atom stereocenters. The normalized spacial score (nSPS) is 16.5. The van der Waals surface area contributed by atoms with Crippen molar-refractivity contribution in [3.8, 4) is 0 Å². The number of hydrogen-bond acceptors (Lipinski definition) is 4. The summed E-state index contributed by atoms with van der Waals surface area (Å²) in [5.41, 5.74) is 1.91. The van der Waals surface area contributed by atoms with Crippen LogP contribution in [-0.4, -0.2) is 54.8 Å². The zero-order valence-electron chi connectivity index (χ0n) is 13.2. The van der Waals surface area contributed by atoms with Gasteiger partial charge in [-0.2, -0.15) is 0 Å². The van der Waals surface area contributed by atoms with Gasteiger partial charge in [0.25, 0.3) is 5.91 Å². The van der Waals surface area contributed by atoms with Gasteiger partial charge in [-0.1, -0.05) is 0 Å². The Hall–Kier alpha value is -1.37. The predicted octanol–water partition coefficient (Wildman–Crippen LogP) is 2.35. The molecule has 0 saturated carbocycles. The standard InChI is InChI=1S/C16H23N3O2S/c1-12(2)19-13-3-10-22-15(13)11-14(19)16(20)17-4-5-18-6-8-21-9-7-18/h3,10-12H,4-9H2,1-2H3,(H,17,20). The summed E-state index contributed by atoms with van der Waals surface area (Å²) in [6, 6.07) is 4.36. The highest BCUT2D eigenvalue weighted by Gasteiger charge is 2.18. The molecule has 0 radical (unpaired) electrons. The fourth-order valence-electron chi connectivity index (χ4n) is 2.92. The molecule has 0 atom stereocenters. The van der Waals surface area contributed by atoms with Crippen LogP contribution in [0.15, 0.2) is 17.5 Å². The molecule has 1 aliphatic heterocycles. The van der Waals surface area contributed by atoms with E-state index in [-0.39, 0.29) is 11.9 Å². The number of morpholine rings is 1. The maximum absolute atomic E-state index is 12.5. The minimum Gasteiger partial charge on any atom is -0.379 e. The van der Waals surface area contributed by atoms with Gasteiger partial charge in [-0.3, -0.25) is 9.69 Å². The number of ether oxygens (including phenoxy) is 1. The monoisotopic (exact) mass is 321 g/mol. The van der Waals surface area contributed by atoms with Crippen molar-refractivity contribution in [3.05, 3.63) is 23.2 Å². The Kier molecular flexibility index (Phi) is 4.81. The Morgan fingerprint density at radius 3 is 2.91 bits per heavy atom. The number of aromatic nitrogens is 1. The van der Waals surface area contributed by atoms with Gasteiger partial charge in [-0.15, -0.1) is 11.3 Å². The fourth-order valence-corrected chi connectivity index (χ4v) is 3.73. The number of amides is 1. The molecule has 1 amide bonds. The first-order valence-corrected chi connectivity index (χ1v) is 8.71. The summed E-state index contributed by atoms with van der Waals surface area (Å²) in [4.78, 5) is 14.8. The number of carbonyl (C=O) groups excluding carboxylic acids is 1. The van der Waals surface area contributed by atoms with E-state index in [1.807, 2.05) is 6.07 Å². The van der Waals surface area contributed by atoms with Crippen LogP contribution in [0.3, 0.4) is 0 Å². The lowest BCUT2D eigenvalue weighted by Gasteiger charge is -2.26. The van der Waals surface area contributed by atoms with E-state index in [0.29, 0.717) is 6.54 Å². The lowest BCUT2D eigenvalue weighted by molar-refractivity contribution is 0.0383. The van der Waals surface area contributed by atoms with E-state index in [2.05, 4.69) is 40.1 Å². The van der Waals surface area contributed by atoms with Crippen LogP contribution in [0.25, 0.3) is 10.2 Å². The Balaban J connectivity index is 1.64. The highest BCUT2D eigenvalue weighted by molar-refractivity contribution is 7.17. The average molecular weight is 321 g/mol. The molecule has 1 N–H and O–H groups in total. The van der Waals surface area contributed by atoms with Crippen molar-refractivity contribution in [2.24, 2.45) is 0 Å². The molecule has 1 fully saturated rings. The topological polar surface area (TPSA) is 46.5 Å². The van der Waals surface area contributed by atoms with Gasteiger partial charge in [0.1, 0.15) is 5.69 Å². The molecule has 5 nitrogen and oxygen atoms in total. The molecule has 1 saturated heterocycles. The van der Waals surface area contributed by atoms with Gasteiger partial charge in [0.15, 0.2) is 0 Å². The second-order valence-electron chi connectivity index (χ2n) is 5.87. The Morgan fingerprint density at radius 2 is 2.18 bits per heavy atom. The van der Waals surface area contributed by atoms with Crippen LogP contribution >= 0.6 is 11.3 Å². The lowest BCUT2D eigenvalue weighted by Crippen LogP contribution is -2.41. The highest BCUT2D eigenvalue weighted by Crippen LogP contribution is 2.28. The van der Waals surface area contributed by atoms with Crippen molar-refractivity contribution in [2.45, 2.75) is 19.9 Å². The SMILES string of the molecule is CC(C)n1c(C(=O)NCCN2CCOCC2)cc2sccc21. The van der Waals surface area contributed by atoms with E-state index in [1.54, 1.807) is 11.3 Å². The van der Waals surface area contributed by atoms with Crippen molar-refractivity contribution in [3.63, 3.8) is 0 Å². The number of nitrogens with zero attached hydrogens (tertiary/aromatic N) is 2. The van der Waals surface area contributed by atoms with Crippen LogP contribution in [0.5, 0.6) is 0 Å². The summed E-state index contributed by atoms with van der Waals surface area (Å²) in [7, 11) is 0. The molecule has 3 heterocycles. The van der Waals surface area contributed by atoms with E-state index >= 15 is 0 Å². The third-order valence-corrected chi connectivity index (χ3v) is 4.88. The summed E-state index contributed by atoms with van der Waals surface area (Å²) in [5.74, 6) is 0.0189. The van der Waals surface area contributed by atoms with Gasteiger partial charge < -0.3 is 14.6 Å². The number of thiophene rings is 1. The van der Waals surface area contributed by atoms with Crippen LogP contribution < -0.4 is 5.32 Å². The summed E-state index contributed by atoms with van der Waals surface area (Å²) < 4.78 is 8.63. The smallest absolute Gasteiger partial charge is 0.268 e. The molecule has 0 bridgehead atoms. The van der Waals surface area contributed by atoms with Gasteiger partial charge in [-0.05, 0) is 31.4 Å². The molecule has 0 aliphatic carbocycles. The molecule has 22 heavy (non-hydrogen) atoms. The van der Waals surface area contributed by atoms with Gasteiger partial charge in [0, 0.05) is 32.2 Å². The van der Waals surface area contributed by atoms with Crippen LogP contribution in [0.1, 0.15) is 30.4 Å². The molecule has 120 valence electrons. The van der Waals surface area contributed by atoms with Crippen molar-refractivity contribution in [1.29, 1.82) is 0 Å². The number of nitrogens with one attached hydrogen (secondary N) is 1. The predicted molar refractivity (Wildman–Crippen MR) is 89.8 cm³/mol. The van der Waals surface area contributed by atoms with Crippen molar-refractivity contribution >= 4 is 27.5 Å². The average Bonchev–Trinajstić information content (AvgIpc) is 3.08. The van der Waals surface area contributed by atoms with E-state index in [0.717, 1.165) is 44.1 Å². The first-order valence-electron chi connectivity index (χ1n) is 7.83. The third kappa shape index (κ3) is 3.19. The summed E-state index contributed by atoms with van der Waals surface area (Å²) >= 11 is 1.68. The molecule has 0 spiro atoms. The van der Waals surface area contributed by atoms with E-state index < -0.39 is 0 Å². The first kappa shape index (κ1) is 15.5. The van der Waals surface area contributed by atoms with Crippen molar-refractivity contribution in [1.82, 2.24) is 14.8 Å². The molecule has 1 aliphatic rings. The number of carbonyl (C=O) groups is 1. The highest BCUT2D eigenvalue weighted by atomic mass is 32.1. The van der Waals surface area contributed by atoms with Crippen LogP contribution in [0, 0.1) is 0 Å². The molecular weight excluding hydrogens is 298 g/mol. The minimum absolute atomic E-state index is 0.0189. The first-order chi connectivity index (χ1) is 10.7. The molecule has 3 rings (SSSR count). The number of hydrogen-bond donors (Lipinski definition) is 1. The van der Waals surface area contributed by atoms with Crippen molar-refractivity contribution < 1.29 is 9.53 Å². The van der Waals surface area contributed by atoms with Crippen molar-refractivity contribution in [2.75, 3.05) is 39.4 Å². The van der Waals surface area contributed by atoms with Crippen LogP contribution in [0.4, 0.5) is 0 Å². The van der Waals surface area contributed by atoms with Crippen LogP contribution in [0.2, 0.25) is 0 Å². The van der Waals surface area contributed by atoms with Crippen LogP contribution in [-0.2, 0) is 4.74 Å². The number of rotatable bonds is 5. The Labute approximate surface area is 134 Å². The zero-order valence-corrected chi connectivity index (χ0v) is 14.0. The fraction of sp³-hybridized carbons (Fsp3) is 0.562. The maximum Gasteiger partial charge on any atom is 0.268 e. The number of fused-ring (bicyclic) bond motifs is 1. The molecule has 2 aromatic heterocycles. The summed E-state index contributed by atoms with van der Waals surface area (Å²) in [6.07, 6.45) is 0. The second-order valence-corrected chi connectivity index (χ2v) is 6.82. The second kappa shape index (κ2) is 6.81. The molecule has 2 aromatic rings. The van der Waals surface area contributed by atoms with E-state index in [1.165, 1.54) is 4.70 Å². The molecular formula is C16H23N3O2S. The summed E-state index contributed by atoms with van der Waals surface area (Å²) in [5, 5.41) is 5.13. The van der Waals surface area contributed by atoms with Gasteiger partial charge in [0.05, 0.1) is 23.4 Å². The Bertz CT molecular complexity index is 641. The minimum atomic E-state index is 0.0189. The quantitative estimate of drug-likeness (QED) is 0.919. The zero-order chi connectivity index (χ0) is 15.5. The van der Waals surface area contributed by atoms with Gasteiger partial charge >= 0.3 is 0 Å². The van der Waals surface area contributed by atoms with Gasteiger partial charge in [0.2, 0.25) is 0 Å².